The van der Waals surface area contributed by atoms with E-state index in [0.717, 1.165) is 19.3 Å². The van der Waals surface area contributed by atoms with Gasteiger partial charge in [-0.05, 0) is 55.4 Å². The summed E-state index contributed by atoms with van der Waals surface area (Å²) < 4.78 is 0. The average Bonchev–Trinajstić information content (AvgIpc) is 3.14. The van der Waals surface area contributed by atoms with Gasteiger partial charge in [0, 0.05) is 12.6 Å². The van der Waals surface area contributed by atoms with Crippen LogP contribution >= 0.6 is 0 Å². The number of nitrogens with one attached hydrogen (secondary N) is 1. The van der Waals surface area contributed by atoms with Crippen molar-refractivity contribution < 1.29 is 14.4 Å². The molecule has 3 fully saturated rings. The number of carbonyl (C=O) groups is 3. The van der Waals surface area contributed by atoms with Gasteiger partial charge in [0.25, 0.3) is 0 Å². The largest absolute Gasteiger partial charge is 0.326 e. The van der Waals surface area contributed by atoms with Crippen LogP contribution < -0.4 is 10.2 Å². The Labute approximate surface area is 128 Å². The van der Waals surface area contributed by atoms with Crippen molar-refractivity contribution in [2.75, 3.05) is 10.2 Å². The third-order valence-corrected chi connectivity index (χ3v) is 5.37. The Kier molecular flexibility index (Phi) is 2.86. The highest BCUT2D eigenvalue weighted by atomic mass is 16.2. The van der Waals surface area contributed by atoms with Gasteiger partial charge in [-0.1, -0.05) is 0 Å². The number of hydrogen-bond acceptors (Lipinski definition) is 3. The van der Waals surface area contributed by atoms with E-state index in [1.54, 1.807) is 24.3 Å². The van der Waals surface area contributed by atoms with Gasteiger partial charge < -0.3 is 5.32 Å². The van der Waals surface area contributed by atoms with E-state index in [0.29, 0.717) is 23.2 Å². The third-order valence-electron chi connectivity index (χ3n) is 5.37. The number of hydrogen-bond donors (Lipinski definition) is 1. The molecule has 4 atom stereocenters. The minimum Gasteiger partial charge on any atom is -0.326 e. The summed E-state index contributed by atoms with van der Waals surface area (Å²) in [5, 5.41) is 2.68. The van der Waals surface area contributed by atoms with Crippen LogP contribution in [0.25, 0.3) is 0 Å². The number of rotatable bonds is 2. The van der Waals surface area contributed by atoms with Gasteiger partial charge in [-0.15, -0.1) is 0 Å². The quantitative estimate of drug-likeness (QED) is 0.851. The van der Waals surface area contributed by atoms with E-state index in [-0.39, 0.29) is 29.6 Å². The zero-order chi connectivity index (χ0) is 15.4. The summed E-state index contributed by atoms with van der Waals surface area (Å²) in [5.74, 6) is 0.392. The van der Waals surface area contributed by atoms with E-state index in [1.807, 2.05) is 0 Å². The molecular formula is C17H18N2O3. The van der Waals surface area contributed by atoms with Gasteiger partial charge in [-0.25, -0.2) is 0 Å². The molecule has 5 heteroatoms. The molecule has 0 aromatic heterocycles. The van der Waals surface area contributed by atoms with E-state index < -0.39 is 0 Å². The van der Waals surface area contributed by atoms with Crippen LogP contribution in [0.3, 0.4) is 0 Å². The van der Waals surface area contributed by atoms with Crippen molar-refractivity contribution in [1.82, 2.24) is 0 Å². The van der Waals surface area contributed by atoms with Gasteiger partial charge in [0.05, 0.1) is 17.5 Å². The fourth-order valence-corrected chi connectivity index (χ4v) is 4.56. The molecule has 2 bridgehead atoms. The van der Waals surface area contributed by atoms with Crippen LogP contribution in [0.2, 0.25) is 0 Å². The lowest BCUT2D eigenvalue weighted by Gasteiger charge is -2.19. The van der Waals surface area contributed by atoms with Crippen molar-refractivity contribution in [2.24, 2.45) is 23.7 Å². The van der Waals surface area contributed by atoms with Crippen LogP contribution in [0.1, 0.15) is 26.2 Å². The number of amides is 3. The van der Waals surface area contributed by atoms with Crippen LogP contribution in [0.4, 0.5) is 11.4 Å². The summed E-state index contributed by atoms with van der Waals surface area (Å²) in [5.41, 5.74) is 1.27. The first-order valence-electron chi connectivity index (χ1n) is 7.81. The normalized spacial score (nSPS) is 32.5. The molecule has 1 saturated heterocycles. The SMILES string of the molecule is CC(=O)Nc1ccc(N2C(=O)[C@@H]3[C@@H]4CC[C@H](C4)[C@@H]3C2=O)cc1. The summed E-state index contributed by atoms with van der Waals surface area (Å²) in [7, 11) is 0. The number of nitrogens with zero attached hydrogens (tertiary/aromatic N) is 1. The first-order valence-corrected chi connectivity index (χ1v) is 7.81. The van der Waals surface area contributed by atoms with Crippen molar-refractivity contribution in [1.29, 1.82) is 0 Å². The Morgan fingerprint density at radius 3 is 2.09 bits per heavy atom. The number of anilines is 2. The summed E-state index contributed by atoms with van der Waals surface area (Å²) in [4.78, 5) is 37.8. The monoisotopic (exact) mass is 298 g/mol. The molecule has 22 heavy (non-hydrogen) atoms. The predicted octanol–water partition coefficient (Wildman–Crippen LogP) is 2.18. The fourth-order valence-electron chi connectivity index (χ4n) is 4.56. The molecule has 4 rings (SSSR count). The second-order valence-electron chi connectivity index (χ2n) is 6.62. The fraction of sp³-hybridized carbons (Fsp3) is 0.471. The lowest BCUT2D eigenvalue weighted by atomic mass is 9.81. The zero-order valence-corrected chi connectivity index (χ0v) is 12.4. The van der Waals surface area contributed by atoms with Gasteiger partial charge in [-0.3, -0.25) is 19.3 Å². The molecule has 3 amide bonds. The Bertz CT molecular complexity index is 639. The average molecular weight is 298 g/mol. The highest BCUT2D eigenvalue weighted by Crippen LogP contribution is 2.56. The van der Waals surface area contributed by atoms with Crippen LogP contribution in [-0.4, -0.2) is 17.7 Å². The van der Waals surface area contributed by atoms with Crippen LogP contribution in [0.15, 0.2) is 24.3 Å². The van der Waals surface area contributed by atoms with Crippen molar-refractivity contribution in [3.63, 3.8) is 0 Å². The highest BCUT2D eigenvalue weighted by molar-refractivity contribution is 6.22. The maximum absolute atomic E-state index is 12.7. The summed E-state index contributed by atoms with van der Waals surface area (Å²) in [6, 6.07) is 6.90. The molecule has 1 N–H and O–H groups in total. The Morgan fingerprint density at radius 1 is 1.05 bits per heavy atom. The van der Waals surface area contributed by atoms with E-state index >= 15 is 0 Å². The lowest BCUT2D eigenvalue weighted by molar-refractivity contribution is -0.123. The predicted molar refractivity (Wildman–Crippen MR) is 81.0 cm³/mol. The first kappa shape index (κ1) is 13.5. The molecule has 5 nitrogen and oxygen atoms in total. The first-order chi connectivity index (χ1) is 10.6. The molecule has 0 radical (unpaired) electrons. The topological polar surface area (TPSA) is 66.5 Å². The van der Waals surface area contributed by atoms with E-state index in [2.05, 4.69) is 5.32 Å². The molecule has 0 unspecified atom stereocenters. The molecule has 114 valence electrons. The van der Waals surface area contributed by atoms with Gasteiger partial charge >= 0.3 is 0 Å². The molecule has 1 aliphatic heterocycles. The number of fused-ring (bicyclic) bond motifs is 5. The van der Waals surface area contributed by atoms with Gasteiger partial charge in [0.2, 0.25) is 17.7 Å². The number of imide groups is 1. The molecule has 1 aromatic rings. The van der Waals surface area contributed by atoms with Crippen LogP contribution in [0, 0.1) is 23.7 Å². The van der Waals surface area contributed by atoms with Crippen molar-refractivity contribution in [2.45, 2.75) is 26.2 Å². The van der Waals surface area contributed by atoms with Crippen molar-refractivity contribution in [3.05, 3.63) is 24.3 Å². The van der Waals surface area contributed by atoms with Gasteiger partial charge in [0.1, 0.15) is 0 Å². The summed E-state index contributed by atoms with van der Waals surface area (Å²) in [6.45, 7) is 1.44. The molecule has 1 aromatic carbocycles. The lowest BCUT2D eigenvalue weighted by Crippen LogP contribution is -2.32. The van der Waals surface area contributed by atoms with E-state index in [4.69, 9.17) is 0 Å². The molecule has 2 aliphatic carbocycles. The van der Waals surface area contributed by atoms with Crippen molar-refractivity contribution in [3.8, 4) is 0 Å². The molecular weight excluding hydrogens is 280 g/mol. The minimum atomic E-state index is -0.146. The number of benzene rings is 1. The maximum atomic E-state index is 12.7. The van der Waals surface area contributed by atoms with Gasteiger partial charge in [-0.2, -0.15) is 0 Å². The molecule has 3 aliphatic rings. The number of carbonyl (C=O) groups excluding carboxylic acids is 3. The highest BCUT2D eigenvalue weighted by Gasteiger charge is 2.61. The van der Waals surface area contributed by atoms with E-state index in [9.17, 15) is 14.4 Å². The Hall–Kier alpha value is -2.17. The van der Waals surface area contributed by atoms with Crippen LogP contribution in [-0.2, 0) is 14.4 Å². The third kappa shape index (κ3) is 1.81. The van der Waals surface area contributed by atoms with E-state index in [1.165, 1.54) is 11.8 Å². The molecule has 0 spiro atoms. The smallest absolute Gasteiger partial charge is 0.237 e. The maximum Gasteiger partial charge on any atom is 0.237 e. The van der Waals surface area contributed by atoms with Crippen molar-refractivity contribution >= 4 is 29.1 Å². The second-order valence-corrected chi connectivity index (χ2v) is 6.62. The van der Waals surface area contributed by atoms with Gasteiger partial charge in [0.15, 0.2) is 0 Å². The second kappa shape index (κ2) is 4.66. The Morgan fingerprint density at radius 2 is 1.59 bits per heavy atom. The molecule has 2 saturated carbocycles. The standard InChI is InChI=1S/C17H18N2O3/c1-9(20)18-12-4-6-13(7-5-12)19-16(21)14-10-2-3-11(8-10)15(14)17(19)22/h4-7,10-11,14-15H,2-3,8H2,1H3,(H,18,20)/t10-,11-,14-,15+/m1/s1. The molecule has 1 heterocycles. The minimum absolute atomic E-state index is 0.0329. The van der Waals surface area contributed by atoms with Crippen LogP contribution in [0.5, 0.6) is 0 Å². The summed E-state index contributed by atoms with van der Waals surface area (Å²) in [6.07, 6.45) is 3.21. The summed E-state index contributed by atoms with van der Waals surface area (Å²) >= 11 is 0. The Balaban J connectivity index is 1.62. The zero-order valence-electron chi connectivity index (χ0n) is 12.4.